The first-order chi connectivity index (χ1) is 14.5. The highest BCUT2D eigenvalue weighted by molar-refractivity contribution is 6.30. The molecule has 2 aromatic heterocycles. The molecule has 0 bridgehead atoms. The topological polar surface area (TPSA) is 58.2 Å². The summed E-state index contributed by atoms with van der Waals surface area (Å²) >= 11 is 6.24. The van der Waals surface area contributed by atoms with E-state index in [1.54, 1.807) is 11.6 Å². The first-order valence-corrected chi connectivity index (χ1v) is 10.1. The predicted molar refractivity (Wildman–Crippen MR) is 117 cm³/mol. The second-order valence-electron chi connectivity index (χ2n) is 7.49. The average Bonchev–Trinajstić information content (AvgIpc) is 3.12. The van der Waals surface area contributed by atoms with E-state index < -0.39 is 6.10 Å². The summed E-state index contributed by atoms with van der Waals surface area (Å²) in [7, 11) is 3.21. The van der Waals surface area contributed by atoms with Crippen LogP contribution in [0.2, 0.25) is 5.02 Å². The normalized spacial score (nSPS) is 16.0. The number of benzene rings is 2. The summed E-state index contributed by atoms with van der Waals surface area (Å²) in [6.45, 7) is 1.07. The molecule has 4 aromatic rings. The third-order valence-electron chi connectivity index (χ3n) is 5.75. The zero-order valence-electron chi connectivity index (χ0n) is 16.6. The Morgan fingerprint density at radius 1 is 1.00 bits per heavy atom. The van der Waals surface area contributed by atoms with Crippen molar-refractivity contribution >= 4 is 22.5 Å². The molecule has 0 unspecified atom stereocenters. The number of hydrogen-bond donors (Lipinski definition) is 0. The van der Waals surface area contributed by atoms with Gasteiger partial charge in [-0.2, -0.15) is 0 Å². The molecular formula is C23H20ClN3O3. The molecule has 0 N–H and O–H groups in total. The predicted octanol–water partition coefficient (Wildman–Crippen LogP) is 3.48. The van der Waals surface area contributed by atoms with Gasteiger partial charge in [-0.25, -0.2) is 4.79 Å². The van der Waals surface area contributed by atoms with Gasteiger partial charge in [0.05, 0.1) is 28.9 Å². The lowest BCUT2D eigenvalue weighted by Crippen LogP contribution is -2.37. The Labute approximate surface area is 177 Å². The quantitative estimate of drug-likeness (QED) is 0.498. The molecular weight excluding hydrogens is 402 g/mol. The molecule has 30 heavy (non-hydrogen) atoms. The molecule has 5 rings (SSSR count). The van der Waals surface area contributed by atoms with Crippen molar-refractivity contribution in [1.29, 1.82) is 0 Å². The Hall–Kier alpha value is -3.09. The number of hydrogen-bond acceptors (Lipinski definition) is 3. The summed E-state index contributed by atoms with van der Waals surface area (Å²) in [6.07, 6.45) is -0.435. The molecule has 0 amide bonds. The van der Waals surface area contributed by atoms with Crippen molar-refractivity contribution in [2.45, 2.75) is 12.6 Å². The fraction of sp³-hybridized carbons (Fsp3) is 0.217. The smallest absolute Gasteiger partial charge is 0.331 e. The summed E-state index contributed by atoms with van der Waals surface area (Å²) in [4.78, 5) is 26.1. The molecule has 0 aliphatic carbocycles. The summed E-state index contributed by atoms with van der Waals surface area (Å²) in [6, 6.07) is 17.3. The van der Waals surface area contributed by atoms with Gasteiger partial charge in [0.25, 0.3) is 5.56 Å². The molecule has 1 aliphatic heterocycles. The number of fused-ring (bicyclic) bond motifs is 3. The minimum absolute atomic E-state index is 0.307. The third kappa shape index (κ3) is 2.68. The van der Waals surface area contributed by atoms with Gasteiger partial charge in [-0.15, -0.1) is 0 Å². The summed E-state index contributed by atoms with van der Waals surface area (Å²) in [5.74, 6) is 0. The molecule has 1 atom stereocenters. The van der Waals surface area contributed by atoms with Crippen molar-refractivity contribution < 1.29 is 4.74 Å². The molecule has 2 aromatic carbocycles. The van der Waals surface area contributed by atoms with E-state index in [2.05, 4.69) is 4.57 Å². The van der Waals surface area contributed by atoms with E-state index in [1.807, 2.05) is 54.6 Å². The third-order valence-corrected chi connectivity index (χ3v) is 5.99. The lowest BCUT2D eigenvalue weighted by Gasteiger charge is -2.27. The van der Waals surface area contributed by atoms with Gasteiger partial charge in [-0.05, 0) is 23.3 Å². The van der Waals surface area contributed by atoms with Crippen molar-refractivity contribution in [3.8, 4) is 11.3 Å². The number of aryl methyl sites for hydroxylation is 1. The second-order valence-corrected chi connectivity index (χ2v) is 7.92. The van der Waals surface area contributed by atoms with Gasteiger partial charge in [0.1, 0.15) is 6.10 Å². The Kier molecular flexibility index (Phi) is 4.41. The minimum Gasteiger partial charge on any atom is -0.365 e. The van der Waals surface area contributed by atoms with E-state index in [-0.39, 0.29) is 11.2 Å². The van der Waals surface area contributed by atoms with E-state index in [9.17, 15) is 9.59 Å². The minimum atomic E-state index is -0.435. The number of ether oxygens (including phenoxy) is 1. The maximum Gasteiger partial charge on any atom is 0.331 e. The van der Waals surface area contributed by atoms with Crippen LogP contribution in [0.1, 0.15) is 17.4 Å². The molecule has 0 fully saturated rings. The van der Waals surface area contributed by atoms with E-state index in [0.717, 1.165) is 27.1 Å². The van der Waals surface area contributed by atoms with E-state index in [1.165, 1.54) is 7.05 Å². The molecule has 0 saturated heterocycles. The van der Waals surface area contributed by atoms with Gasteiger partial charge >= 0.3 is 5.69 Å². The Bertz CT molecular complexity index is 1400. The number of nitrogens with zero attached hydrogens (tertiary/aromatic N) is 3. The second kappa shape index (κ2) is 7.00. The zero-order chi connectivity index (χ0) is 21.0. The lowest BCUT2D eigenvalue weighted by molar-refractivity contribution is 0.0478. The average molecular weight is 422 g/mol. The number of halogens is 1. The Morgan fingerprint density at radius 3 is 2.50 bits per heavy atom. The highest BCUT2D eigenvalue weighted by Crippen LogP contribution is 2.40. The van der Waals surface area contributed by atoms with Gasteiger partial charge < -0.3 is 9.30 Å². The largest absolute Gasteiger partial charge is 0.365 e. The summed E-state index contributed by atoms with van der Waals surface area (Å²) in [5, 5.41) is 1.13. The Morgan fingerprint density at radius 2 is 1.77 bits per heavy atom. The molecule has 152 valence electrons. The summed E-state index contributed by atoms with van der Waals surface area (Å²) < 4.78 is 11.0. The SMILES string of the molecule is Cn1c(=O)c2c(-c3ccccc3)n3c(c2n(C)c1=O)[C@@H](c1cccc(Cl)c1)OCC3. The fourth-order valence-corrected chi connectivity index (χ4v) is 4.60. The molecule has 7 heteroatoms. The van der Waals surface area contributed by atoms with Crippen molar-refractivity contribution in [3.63, 3.8) is 0 Å². The van der Waals surface area contributed by atoms with Crippen LogP contribution in [0.25, 0.3) is 22.2 Å². The molecule has 6 nitrogen and oxygen atoms in total. The maximum absolute atomic E-state index is 13.3. The monoisotopic (exact) mass is 421 g/mol. The molecule has 1 aliphatic rings. The van der Waals surface area contributed by atoms with E-state index >= 15 is 0 Å². The Balaban J connectivity index is 1.96. The standard InChI is InChI=1S/C23H20ClN3O3/c1-25-19-17(22(28)26(2)23(25)29)18(14-7-4-3-5-8-14)27-11-12-30-21(20(19)27)15-9-6-10-16(24)13-15/h3-10,13,21H,11-12H2,1-2H3/t21-/m1/s1. The van der Waals surface area contributed by atoms with Crippen LogP contribution in [0.15, 0.2) is 64.2 Å². The van der Waals surface area contributed by atoms with Crippen molar-refractivity contribution in [3.05, 3.63) is 91.7 Å². The zero-order valence-corrected chi connectivity index (χ0v) is 17.4. The van der Waals surface area contributed by atoms with Gasteiger partial charge in [-0.1, -0.05) is 54.1 Å². The highest BCUT2D eigenvalue weighted by Gasteiger charge is 2.33. The first-order valence-electron chi connectivity index (χ1n) is 9.73. The van der Waals surface area contributed by atoms with Gasteiger partial charge in [0.2, 0.25) is 0 Å². The molecule has 3 heterocycles. The van der Waals surface area contributed by atoms with Crippen LogP contribution in [0.5, 0.6) is 0 Å². The van der Waals surface area contributed by atoms with Crippen LogP contribution in [0.3, 0.4) is 0 Å². The van der Waals surface area contributed by atoms with Gasteiger partial charge in [0, 0.05) is 25.7 Å². The number of rotatable bonds is 2. The van der Waals surface area contributed by atoms with Gasteiger partial charge in [0.15, 0.2) is 0 Å². The number of aromatic nitrogens is 3. The first kappa shape index (κ1) is 18.9. The highest BCUT2D eigenvalue weighted by atomic mass is 35.5. The molecule has 0 saturated carbocycles. The lowest BCUT2D eigenvalue weighted by atomic mass is 10.0. The molecule has 0 radical (unpaired) electrons. The molecule has 0 spiro atoms. The van der Waals surface area contributed by atoms with Crippen molar-refractivity contribution in [1.82, 2.24) is 13.7 Å². The van der Waals surface area contributed by atoms with Crippen LogP contribution in [-0.4, -0.2) is 20.3 Å². The van der Waals surface area contributed by atoms with Crippen molar-refractivity contribution in [2.24, 2.45) is 14.1 Å². The van der Waals surface area contributed by atoms with Crippen LogP contribution in [0.4, 0.5) is 0 Å². The van der Waals surface area contributed by atoms with Crippen LogP contribution in [0, 0.1) is 0 Å². The van der Waals surface area contributed by atoms with Crippen LogP contribution < -0.4 is 11.2 Å². The van der Waals surface area contributed by atoms with E-state index in [0.29, 0.717) is 29.1 Å². The fourth-order valence-electron chi connectivity index (χ4n) is 4.40. The van der Waals surface area contributed by atoms with Crippen LogP contribution in [-0.2, 0) is 25.4 Å². The van der Waals surface area contributed by atoms with E-state index in [4.69, 9.17) is 16.3 Å². The van der Waals surface area contributed by atoms with Gasteiger partial charge in [-0.3, -0.25) is 13.9 Å². The maximum atomic E-state index is 13.3. The summed E-state index contributed by atoms with van der Waals surface area (Å²) in [5.41, 5.74) is 3.36. The van der Waals surface area contributed by atoms with Crippen molar-refractivity contribution in [2.75, 3.05) is 6.61 Å². The van der Waals surface area contributed by atoms with Crippen LogP contribution >= 0.6 is 11.6 Å².